The third kappa shape index (κ3) is 1.36. The van der Waals surface area contributed by atoms with E-state index in [-0.39, 0.29) is 5.84 Å². The summed E-state index contributed by atoms with van der Waals surface area (Å²) in [5, 5.41) is 14.6. The van der Waals surface area contributed by atoms with Crippen molar-refractivity contribution in [3.63, 3.8) is 0 Å². The van der Waals surface area contributed by atoms with Crippen LogP contribution in [0.1, 0.15) is 5.56 Å². The highest BCUT2D eigenvalue weighted by Gasteiger charge is 2.00. The van der Waals surface area contributed by atoms with Gasteiger partial charge in [0, 0.05) is 10.3 Å². The highest BCUT2D eigenvalue weighted by Crippen LogP contribution is 2.21. The van der Waals surface area contributed by atoms with E-state index in [1.165, 1.54) is 4.70 Å². The fraction of sp³-hybridized carbons (Fsp3) is 0. The van der Waals surface area contributed by atoms with Crippen molar-refractivity contribution in [3.05, 3.63) is 35.2 Å². The van der Waals surface area contributed by atoms with Crippen LogP contribution in [0.25, 0.3) is 10.1 Å². The van der Waals surface area contributed by atoms with Crippen LogP contribution in [0.3, 0.4) is 0 Å². The van der Waals surface area contributed by atoms with E-state index >= 15 is 0 Å². The van der Waals surface area contributed by atoms with Gasteiger partial charge in [-0.25, -0.2) is 0 Å². The molecule has 3 nitrogen and oxygen atoms in total. The molecule has 1 aromatic heterocycles. The molecule has 1 heterocycles. The molecule has 2 aromatic rings. The number of benzene rings is 1. The fourth-order valence-corrected chi connectivity index (χ4v) is 1.95. The molecule has 4 heteroatoms. The van der Waals surface area contributed by atoms with Crippen molar-refractivity contribution in [2.45, 2.75) is 0 Å². The van der Waals surface area contributed by atoms with E-state index < -0.39 is 0 Å². The number of hydrogen-bond donors (Lipinski definition) is 2. The second kappa shape index (κ2) is 3.06. The van der Waals surface area contributed by atoms with Gasteiger partial charge in [0.15, 0.2) is 5.84 Å². The number of oxime groups is 1. The van der Waals surface area contributed by atoms with Crippen molar-refractivity contribution in [1.82, 2.24) is 0 Å². The predicted octanol–water partition coefficient (Wildman–Crippen LogP) is 2.00. The monoisotopic (exact) mass is 192 g/mol. The largest absolute Gasteiger partial charge is 0.409 e. The first-order chi connectivity index (χ1) is 6.31. The number of thiophene rings is 1. The third-order valence-electron chi connectivity index (χ3n) is 1.86. The second-order valence-electron chi connectivity index (χ2n) is 2.66. The third-order valence-corrected chi connectivity index (χ3v) is 2.75. The summed E-state index contributed by atoms with van der Waals surface area (Å²) in [5.41, 5.74) is 6.20. The van der Waals surface area contributed by atoms with E-state index in [2.05, 4.69) is 5.16 Å². The Morgan fingerprint density at radius 2 is 2.23 bits per heavy atom. The van der Waals surface area contributed by atoms with Crippen molar-refractivity contribution in [1.29, 1.82) is 0 Å². The van der Waals surface area contributed by atoms with E-state index in [4.69, 9.17) is 10.9 Å². The zero-order valence-corrected chi connectivity index (χ0v) is 7.58. The summed E-state index contributed by atoms with van der Waals surface area (Å²) in [5.74, 6) is 0.146. The molecule has 0 aliphatic rings. The molecule has 0 atom stereocenters. The van der Waals surface area contributed by atoms with Crippen LogP contribution in [-0.4, -0.2) is 11.0 Å². The van der Waals surface area contributed by atoms with Crippen LogP contribution in [0.2, 0.25) is 0 Å². The molecule has 0 fully saturated rings. The summed E-state index contributed by atoms with van der Waals surface area (Å²) in [6, 6.07) is 7.72. The molecule has 66 valence electrons. The van der Waals surface area contributed by atoms with E-state index in [1.54, 1.807) is 11.3 Å². The summed E-state index contributed by atoms with van der Waals surface area (Å²) in [4.78, 5) is 0. The van der Waals surface area contributed by atoms with Gasteiger partial charge in [-0.15, -0.1) is 11.3 Å². The van der Waals surface area contributed by atoms with Gasteiger partial charge in [0.25, 0.3) is 0 Å². The van der Waals surface area contributed by atoms with Crippen LogP contribution in [0.4, 0.5) is 0 Å². The lowest BCUT2D eigenvalue weighted by Gasteiger charge is -1.97. The highest BCUT2D eigenvalue weighted by atomic mass is 32.1. The summed E-state index contributed by atoms with van der Waals surface area (Å²) < 4.78 is 1.20. The summed E-state index contributed by atoms with van der Waals surface area (Å²) >= 11 is 1.67. The van der Waals surface area contributed by atoms with Gasteiger partial charge in [0.05, 0.1) is 0 Å². The minimum absolute atomic E-state index is 0.146. The van der Waals surface area contributed by atoms with Crippen molar-refractivity contribution < 1.29 is 5.21 Å². The van der Waals surface area contributed by atoms with Crippen molar-refractivity contribution >= 4 is 27.3 Å². The number of fused-ring (bicyclic) bond motifs is 1. The van der Waals surface area contributed by atoms with Gasteiger partial charge in [-0.2, -0.15) is 0 Å². The molecule has 3 N–H and O–H groups in total. The van der Waals surface area contributed by atoms with Crippen LogP contribution in [-0.2, 0) is 0 Å². The van der Waals surface area contributed by atoms with Gasteiger partial charge in [-0.05, 0) is 35.0 Å². The Bertz CT molecular complexity index is 461. The molecule has 0 unspecified atom stereocenters. The predicted molar refractivity (Wildman–Crippen MR) is 54.3 cm³/mol. The molecule has 0 saturated heterocycles. The maximum Gasteiger partial charge on any atom is 0.170 e. The number of nitrogens with two attached hydrogens (primary N) is 1. The van der Waals surface area contributed by atoms with Gasteiger partial charge < -0.3 is 10.9 Å². The summed E-state index contributed by atoms with van der Waals surface area (Å²) in [7, 11) is 0. The first kappa shape index (κ1) is 8.07. The van der Waals surface area contributed by atoms with Gasteiger partial charge in [-0.3, -0.25) is 0 Å². The van der Waals surface area contributed by atoms with Gasteiger partial charge in [-0.1, -0.05) is 5.16 Å². The quantitative estimate of drug-likeness (QED) is 0.314. The molecule has 13 heavy (non-hydrogen) atoms. The average molecular weight is 192 g/mol. The molecule has 0 aliphatic carbocycles. The lowest BCUT2D eigenvalue weighted by Crippen LogP contribution is -2.12. The minimum atomic E-state index is 0.146. The zero-order chi connectivity index (χ0) is 9.26. The molecule has 0 saturated carbocycles. The molecular weight excluding hydrogens is 184 g/mol. The SMILES string of the molecule is N/C(=N/O)c1ccc2sccc2c1. The molecule has 2 rings (SSSR count). The van der Waals surface area contributed by atoms with E-state index in [0.29, 0.717) is 0 Å². The first-order valence-electron chi connectivity index (χ1n) is 3.76. The lowest BCUT2D eigenvalue weighted by molar-refractivity contribution is 0.318. The maximum absolute atomic E-state index is 8.48. The number of nitrogens with zero attached hydrogens (tertiary/aromatic N) is 1. The van der Waals surface area contributed by atoms with Crippen LogP contribution in [0.5, 0.6) is 0 Å². The summed E-state index contributed by atoms with van der Waals surface area (Å²) in [6.07, 6.45) is 0. The molecule has 0 amide bonds. The van der Waals surface area contributed by atoms with Crippen molar-refractivity contribution in [2.24, 2.45) is 10.9 Å². The van der Waals surface area contributed by atoms with E-state index in [1.807, 2.05) is 29.6 Å². The lowest BCUT2D eigenvalue weighted by atomic mass is 10.1. The van der Waals surface area contributed by atoms with Crippen molar-refractivity contribution in [3.8, 4) is 0 Å². The Hall–Kier alpha value is -1.55. The maximum atomic E-state index is 8.48. The first-order valence-corrected chi connectivity index (χ1v) is 4.64. The van der Waals surface area contributed by atoms with Crippen LogP contribution < -0.4 is 5.73 Å². The topological polar surface area (TPSA) is 58.6 Å². The Kier molecular flexibility index (Phi) is 1.90. The second-order valence-corrected chi connectivity index (χ2v) is 3.61. The standard InChI is InChI=1S/C9H8N2OS/c10-9(11-12)7-1-2-8-6(5-7)3-4-13-8/h1-5,12H,(H2,10,11). The molecular formula is C9H8N2OS. The highest BCUT2D eigenvalue weighted by molar-refractivity contribution is 7.17. The Labute approximate surface area is 79.1 Å². The molecule has 0 radical (unpaired) electrons. The molecule has 1 aromatic carbocycles. The van der Waals surface area contributed by atoms with Crippen molar-refractivity contribution in [2.75, 3.05) is 0 Å². The smallest absolute Gasteiger partial charge is 0.170 e. The van der Waals surface area contributed by atoms with E-state index in [0.717, 1.165) is 10.9 Å². The van der Waals surface area contributed by atoms with Gasteiger partial charge >= 0.3 is 0 Å². The average Bonchev–Trinajstić information content (AvgIpc) is 2.63. The minimum Gasteiger partial charge on any atom is -0.409 e. The molecule has 0 bridgehead atoms. The zero-order valence-electron chi connectivity index (χ0n) is 6.77. The summed E-state index contributed by atoms with van der Waals surface area (Å²) in [6.45, 7) is 0. The van der Waals surface area contributed by atoms with Crippen LogP contribution in [0.15, 0.2) is 34.8 Å². The van der Waals surface area contributed by atoms with E-state index in [9.17, 15) is 0 Å². The Morgan fingerprint density at radius 1 is 1.38 bits per heavy atom. The van der Waals surface area contributed by atoms with Gasteiger partial charge in [0.1, 0.15) is 0 Å². The normalized spacial score (nSPS) is 12.2. The van der Waals surface area contributed by atoms with Crippen LogP contribution in [0, 0.1) is 0 Å². The van der Waals surface area contributed by atoms with Gasteiger partial charge in [0.2, 0.25) is 0 Å². The Morgan fingerprint density at radius 3 is 3.00 bits per heavy atom. The Balaban J connectivity index is 2.60. The molecule has 0 spiro atoms. The molecule has 0 aliphatic heterocycles. The fourth-order valence-electron chi connectivity index (χ4n) is 1.18. The number of hydrogen-bond acceptors (Lipinski definition) is 3. The number of rotatable bonds is 1. The number of amidine groups is 1. The van der Waals surface area contributed by atoms with Crippen LogP contribution >= 0.6 is 11.3 Å².